The second-order valence-electron chi connectivity index (χ2n) is 6.40. The fraction of sp³-hybridized carbons (Fsp3) is 0. The highest BCUT2D eigenvalue weighted by Gasteiger charge is 2.15. The van der Waals surface area contributed by atoms with Crippen LogP contribution in [-0.4, -0.2) is 4.57 Å². The fourth-order valence-corrected chi connectivity index (χ4v) is 3.99. The van der Waals surface area contributed by atoms with Crippen LogP contribution in [0.15, 0.2) is 102 Å². The van der Waals surface area contributed by atoms with Crippen LogP contribution in [0.2, 0.25) is 0 Å². The molecule has 124 valence electrons. The lowest BCUT2D eigenvalue weighted by Crippen LogP contribution is -1.94. The zero-order valence-corrected chi connectivity index (χ0v) is 15.6. The van der Waals surface area contributed by atoms with Gasteiger partial charge < -0.3 is 4.57 Å². The fourth-order valence-electron chi connectivity index (χ4n) is 3.73. The minimum absolute atomic E-state index is 1.09. The summed E-state index contributed by atoms with van der Waals surface area (Å²) in [5, 5.41) is 2.56. The predicted molar refractivity (Wildman–Crippen MR) is 114 cm³/mol. The smallest absolute Gasteiger partial charge is 0.0619 e. The van der Waals surface area contributed by atoms with Gasteiger partial charge in [-0.15, -0.1) is 0 Å². The molecule has 0 amide bonds. The molecule has 1 nitrogen and oxygen atoms in total. The van der Waals surface area contributed by atoms with Crippen molar-refractivity contribution in [3.8, 4) is 16.8 Å². The van der Waals surface area contributed by atoms with E-state index in [4.69, 9.17) is 0 Å². The Kier molecular flexibility index (Phi) is 3.65. The van der Waals surface area contributed by atoms with Gasteiger partial charge in [0.2, 0.25) is 0 Å². The first-order chi connectivity index (χ1) is 12.8. The number of nitrogens with zero attached hydrogens (tertiary/aromatic N) is 1. The third kappa shape index (κ3) is 2.38. The molecule has 0 unspecified atom stereocenters. The Morgan fingerprint density at radius 1 is 0.577 bits per heavy atom. The average molecular weight is 398 g/mol. The molecule has 0 aliphatic carbocycles. The van der Waals surface area contributed by atoms with Crippen molar-refractivity contribution in [3.05, 3.63) is 102 Å². The number of rotatable bonds is 2. The van der Waals surface area contributed by atoms with Gasteiger partial charge in [0, 0.05) is 26.5 Å². The van der Waals surface area contributed by atoms with Crippen LogP contribution in [-0.2, 0) is 0 Å². The number of aromatic nitrogens is 1. The zero-order chi connectivity index (χ0) is 17.5. The van der Waals surface area contributed by atoms with E-state index in [0.717, 1.165) is 4.47 Å². The molecule has 5 aromatic rings. The molecule has 0 saturated carbocycles. The van der Waals surface area contributed by atoms with Crippen molar-refractivity contribution < 1.29 is 0 Å². The maximum absolute atomic E-state index is 3.54. The monoisotopic (exact) mass is 397 g/mol. The molecule has 1 heterocycles. The molecule has 0 bridgehead atoms. The first kappa shape index (κ1) is 15.4. The van der Waals surface area contributed by atoms with Crippen molar-refractivity contribution in [2.45, 2.75) is 0 Å². The summed E-state index contributed by atoms with van der Waals surface area (Å²) in [6.07, 6.45) is 0. The van der Waals surface area contributed by atoms with Crippen molar-refractivity contribution in [2.75, 3.05) is 0 Å². The van der Waals surface area contributed by atoms with Crippen molar-refractivity contribution in [3.63, 3.8) is 0 Å². The van der Waals surface area contributed by atoms with E-state index < -0.39 is 0 Å². The number of hydrogen-bond donors (Lipinski definition) is 0. The highest BCUT2D eigenvalue weighted by atomic mass is 79.9. The van der Waals surface area contributed by atoms with Gasteiger partial charge in [-0.3, -0.25) is 0 Å². The SMILES string of the molecule is Brc1ccc(-c2cccc3c4ccccc4n(-c4ccccc4)c23)cc1. The Hall–Kier alpha value is -2.84. The van der Waals surface area contributed by atoms with Crippen LogP contribution in [0.1, 0.15) is 0 Å². The molecule has 26 heavy (non-hydrogen) atoms. The Bertz CT molecular complexity index is 1220. The molecule has 5 rings (SSSR count). The predicted octanol–water partition coefficient (Wildman–Crippen LogP) is 7.21. The summed E-state index contributed by atoms with van der Waals surface area (Å²) in [6, 6.07) is 34.4. The van der Waals surface area contributed by atoms with Gasteiger partial charge in [-0.05, 0) is 35.9 Å². The third-order valence-electron chi connectivity index (χ3n) is 4.86. The minimum Gasteiger partial charge on any atom is -0.309 e. The molecule has 0 N–H and O–H groups in total. The second-order valence-corrected chi connectivity index (χ2v) is 7.31. The molecule has 1 aromatic heterocycles. The summed E-state index contributed by atoms with van der Waals surface area (Å²) in [6.45, 7) is 0. The molecule has 0 atom stereocenters. The van der Waals surface area contributed by atoms with Gasteiger partial charge in [-0.2, -0.15) is 0 Å². The van der Waals surface area contributed by atoms with Gasteiger partial charge >= 0.3 is 0 Å². The van der Waals surface area contributed by atoms with Crippen LogP contribution in [0.4, 0.5) is 0 Å². The molecule has 4 aromatic carbocycles. The van der Waals surface area contributed by atoms with Crippen molar-refractivity contribution in [2.24, 2.45) is 0 Å². The van der Waals surface area contributed by atoms with Crippen molar-refractivity contribution in [1.29, 1.82) is 0 Å². The van der Waals surface area contributed by atoms with Gasteiger partial charge in [-0.1, -0.05) is 82.7 Å². The largest absolute Gasteiger partial charge is 0.309 e. The molecule has 0 aliphatic rings. The van der Waals surface area contributed by atoms with Crippen LogP contribution >= 0.6 is 15.9 Å². The third-order valence-corrected chi connectivity index (χ3v) is 5.39. The highest BCUT2D eigenvalue weighted by Crippen LogP contribution is 2.38. The lowest BCUT2D eigenvalue weighted by molar-refractivity contribution is 1.18. The molecule has 0 fully saturated rings. The summed E-state index contributed by atoms with van der Waals surface area (Å²) >= 11 is 3.54. The topological polar surface area (TPSA) is 4.93 Å². The highest BCUT2D eigenvalue weighted by molar-refractivity contribution is 9.10. The van der Waals surface area contributed by atoms with Crippen LogP contribution < -0.4 is 0 Å². The Balaban J connectivity index is 1.96. The summed E-state index contributed by atoms with van der Waals surface area (Å²) < 4.78 is 3.47. The van der Waals surface area contributed by atoms with Crippen molar-refractivity contribution >= 4 is 37.7 Å². The number of benzene rings is 4. The first-order valence-corrected chi connectivity index (χ1v) is 9.46. The maximum atomic E-state index is 3.54. The van der Waals surface area contributed by atoms with Gasteiger partial charge in [0.15, 0.2) is 0 Å². The van der Waals surface area contributed by atoms with E-state index in [0.29, 0.717) is 0 Å². The lowest BCUT2D eigenvalue weighted by atomic mass is 10.0. The Morgan fingerprint density at radius 2 is 1.27 bits per heavy atom. The summed E-state index contributed by atoms with van der Waals surface area (Å²) in [7, 11) is 0. The lowest BCUT2D eigenvalue weighted by Gasteiger charge is -2.11. The van der Waals surface area contributed by atoms with Crippen LogP contribution in [0.3, 0.4) is 0 Å². The minimum atomic E-state index is 1.09. The molecule has 0 aliphatic heterocycles. The number of fused-ring (bicyclic) bond motifs is 3. The summed E-state index contributed by atoms with van der Waals surface area (Å²) in [5.74, 6) is 0. The van der Waals surface area contributed by atoms with E-state index >= 15 is 0 Å². The molecular formula is C24H16BrN. The van der Waals surface area contributed by atoms with Gasteiger partial charge in [-0.25, -0.2) is 0 Å². The summed E-state index contributed by atoms with van der Waals surface area (Å²) in [4.78, 5) is 0. The van der Waals surface area contributed by atoms with Gasteiger partial charge in [0.25, 0.3) is 0 Å². The van der Waals surface area contributed by atoms with Crippen LogP contribution in [0, 0.1) is 0 Å². The van der Waals surface area contributed by atoms with E-state index in [9.17, 15) is 0 Å². The maximum Gasteiger partial charge on any atom is 0.0619 e. The number of halogens is 1. The van der Waals surface area contributed by atoms with Gasteiger partial charge in [0.1, 0.15) is 0 Å². The van der Waals surface area contributed by atoms with E-state index in [1.165, 1.54) is 38.6 Å². The molecular weight excluding hydrogens is 382 g/mol. The zero-order valence-electron chi connectivity index (χ0n) is 14.1. The van der Waals surface area contributed by atoms with Crippen LogP contribution in [0.25, 0.3) is 38.6 Å². The van der Waals surface area contributed by atoms with E-state index in [1.54, 1.807) is 0 Å². The number of para-hydroxylation sites is 3. The quantitative estimate of drug-likeness (QED) is 0.296. The van der Waals surface area contributed by atoms with Crippen LogP contribution in [0.5, 0.6) is 0 Å². The Labute approximate surface area is 160 Å². The first-order valence-electron chi connectivity index (χ1n) is 8.66. The molecule has 0 spiro atoms. The molecule has 2 heteroatoms. The number of hydrogen-bond acceptors (Lipinski definition) is 0. The van der Waals surface area contributed by atoms with Gasteiger partial charge in [0.05, 0.1) is 11.0 Å². The van der Waals surface area contributed by atoms with E-state index in [-0.39, 0.29) is 0 Å². The molecule has 0 radical (unpaired) electrons. The van der Waals surface area contributed by atoms with Crippen molar-refractivity contribution in [1.82, 2.24) is 4.57 Å². The van der Waals surface area contributed by atoms with E-state index in [2.05, 4.69) is 118 Å². The average Bonchev–Trinajstić information content (AvgIpc) is 3.04. The Morgan fingerprint density at radius 3 is 2.08 bits per heavy atom. The standard InChI is InChI=1S/C24H16BrN/c25-18-15-13-17(14-16-18)20-10-6-11-22-21-9-4-5-12-23(21)26(24(20)22)19-7-2-1-3-8-19/h1-16H. The van der Waals surface area contributed by atoms with E-state index in [1.807, 2.05) is 0 Å². The second kappa shape index (κ2) is 6.15. The molecule has 0 saturated heterocycles. The normalized spacial score (nSPS) is 11.3. The summed E-state index contributed by atoms with van der Waals surface area (Å²) in [5.41, 5.74) is 6.14.